The highest BCUT2D eigenvalue weighted by Crippen LogP contribution is 2.33. The lowest BCUT2D eigenvalue weighted by atomic mass is 9.90. The predicted octanol–water partition coefficient (Wildman–Crippen LogP) is 4.64. The summed E-state index contributed by atoms with van der Waals surface area (Å²) in [5.74, 6) is 0. The molecule has 0 aliphatic carbocycles. The van der Waals surface area contributed by atoms with Crippen molar-refractivity contribution in [2.45, 2.75) is 32.4 Å². The fourth-order valence-corrected chi connectivity index (χ4v) is 3.92. The second-order valence-corrected chi connectivity index (χ2v) is 8.23. The summed E-state index contributed by atoms with van der Waals surface area (Å²) >= 11 is 5.29. The van der Waals surface area contributed by atoms with Gasteiger partial charge in [-0.1, -0.05) is 32.5 Å². The highest BCUT2D eigenvalue weighted by atomic mass is 79.9. The van der Waals surface area contributed by atoms with E-state index in [1.165, 1.54) is 0 Å². The van der Waals surface area contributed by atoms with Crippen LogP contribution in [0.1, 0.15) is 32.8 Å². The summed E-state index contributed by atoms with van der Waals surface area (Å²) < 4.78 is 0.888. The van der Waals surface area contributed by atoms with Crippen LogP contribution < -0.4 is 5.32 Å². The van der Waals surface area contributed by atoms with Gasteiger partial charge in [-0.3, -0.25) is 4.99 Å². The van der Waals surface area contributed by atoms with Crippen LogP contribution in [-0.2, 0) is 0 Å². The second-order valence-electron chi connectivity index (χ2n) is 6.08. The molecule has 0 spiro atoms. The van der Waals surface area contributed by atoms with Crippen LogP contribution in [0.25, 0.3) is 0 Å². The Kier molecular flexibility index (Phi) is 4.77. The minimum Gasteiger partial charge on any atom is -0.334 e. The highest BCUT2D eigenvalue weighted by Gasteiger charge is 2.25. The lowest BCUT2D eigenvalue weighted by Crippen LogP contribution is -2.16. The molecule has 1 aromatic carbocycles. The molecule has 5 heteroatoms. The normalized spacial score (nSPS) is 18.6. The molecule has 1 heterocycles. The minimum absolute atomic E-state index is 0.331. The molecule has 0 saturated carbocycles. The SMILES string of the molecule is CC(C)(C)CC1CN=C(Nc2ccc(C#N)cc2Br)S1. The first kappa shape index (κ1) is 15.4. The van der Waals surface area contributed by atoms with Crippen LogP contribution in [-0.4, -0.2) is 17.0 Å². The molecule has 1 aliphatic heterocycles. The number of benzene rings is 1. The number of nitriles is 1. The number of hydrogen-bond acceptors (Lipinski definition) is 4. The van der Waals surface area contributed by atoms with Crippen LogP contribution in [0.15, 0.2) is 27.7 Å². The molecular formula is C15H18BrN3S. The Morgan fingerprint density at radius 2 is 2.25 bits per heavy atom. The Bertz CT molecular complexity index is 569. The molecule has 0 fully saturated rings. The van der Waals surface area contributed by atoms with Crippen molar-refractivity contribution in [2.75, 3.05) is 11.9 Å². The maximum Gasteiger partial charge on any atom is 0.161 e. The van der Waals surface area contributed by atoms with Gasteiger partial charge in [0.2, 0.25) is 0 Å². The van der Waals surface area contributed by atoms with Crippen molar-refractivity contribution >= 4 is 38.5 Å². The van der Waals surface area contributed by atoms with Gasteiger partial charge in [-0.15, -0.1) is 0 Å². The summed E-state index contributed by atoms with van der Waals surface area (Å²) in [6, 6.07) is 7.65. The first-order chi connectivity index (χ1) is 9.37. The summed E-state index contributed by atoms with van der Waals surface area (Å²) in [6.07, 6.45) is 1.15. The third-order valence-electron chi connectivity index (χ3n) is 2.90. The Morgan fingerprint density at radius 3 is 2.85 bits per heavy atom. The first-order valence-corrected chi connectivity index (χ1v) is 8.22. The molecule has 0 saturated heterocycles. The maximum atomic E-state index is 8.86. The molecule has 0 amide bonds. The summed E-state index contributed by atoms with van der Waals surface area (Å²) in [5, 5.41) is 13.7. The van der Waals surface area contributed by atoms with E-state index in [9.17, 15) is 0 Å². The van der Waals surface area contributed by atoms with E-state index >= 15 is 0 Å². The first-order valence-electron chi connectivity index (χ1n) is 6.55. The average molecular weight is 352 g/mol. The van der Waals surface area contributed by atoms with Crippen molar-refractivity contribution in [2.24, 2.45) is 10.4 Å². The van der Waals surface area contributed by atoms with Gasteiger partial charge in [0.1, 0.15) is 0 Å². The molecular weight excluding hydrogens is 334 g/mol. The van der Waals surface area contributed by atoms with E-state index in [2.05, 4.69) is 53.1 Å². The van der Waals surface area contributed by atoms with Gasteiger partial charge in [0, 0.05) is 9.72 Å². The molecule has 1 unspecified atom stereocenters. The molecule has 0 radical (unpaired) electrons. The maximum absolute atomic E-state index is 8.86. The standard InChI is InChI=1S/C15H18BrN3S/c1-15(2,3)7-11-9-18-14(20-11)19-13-5-4-10(8-17)6-12(13)16/h4-6,11H,7,9H2,1-3H3,(H,18,19). The molecule has 2 rings (SSSR count). The summed E-state index contributed by atoms with van der Waals surface area (Å²) in [5.41, 5.74) is 1.93. The average Bonchev–Trinajstić information content (AvgIpc) is 2.76. The lowest BCUT2D eigenvalue weighted by molar-refractivity contribution is 0.375. The van der Waals surface area contributed by atoms with Gasteiger partial charge < -0.3 is 5.32 Å². The summed E-state index contributed by atoms with van der Waals surface area (Å²) in [4.78, 5) is 4.56. The zero-order chi connectivity index (χ0) is 14.8. The van der Waals surface area contributed by atoms with E-state index in [1.54, 1.807) is 17.8 Å². The second kappa shape index (κ2) is 6.19. The van der Waals surface area contributed by atoms with E-state index in [-0.39, 0.29) is 0 Å². The van der Waals surface area contributed by atoms with Gasteiger partial charge >= 0.3 is 0 Å². The van der Waals surface area contributed by atoms with Crippen LogP contribution in [0.5, 0.6) is 0 Å². The van der Waals surface area contributed by atoms with Crippen LogP contribution in [0, 0.1) is 16.7 Å². The number of halogens is 1. The zero-order valence-corrected chi connectivity index (χ0v) is 14.3. The number of nitrogens with one attached hydrogen (secondary N) is 1. The topological polar surface area (TPSA) is 48.2 Å². The van der Waals surface area contributed by atoms with Crippen molar-refractivity contribution in [3.8, 4) is 6.07 Å². The van der Waals surface area contributed by atoms with Gasteiger partial charge in [-0.05, 0) is 46.0 Å². The smallest absolute Gasteiger partial charge is 0.161 e. The molecule has 20 heavy (non-hydrogen) atoms. The van der Waals surface area contributed by atoms with Crippen molar-refractivity contribution < 1.29 is 0 Å². The van der Waals surface area contributed by atoms with Gasteiger partial charge in [0.25, 0.3) is 0 Å². The number of nitrogens with zero attached hydrogens (tertiary/aromatic N) is 2. The predicted molar refractivity (Wildman–Crippen MR) is 90.2 cm³/mol. The highest BCUT2D eigenvalue weighted by molar-refractivity contribution is 9.10. The Hall–Kier alpha value is -0.990. The third-order valence-corrected chi connectivity index (χ3v) is 4.66. The fraction of sp³-hybridized carbons (Fsp3) is 0.467. The van der Waals surface area contributed by atoms with E-state index in [0.717, 1.165) is 28.3 Å². The quantitative estimate of drug-likeness (QED) is 0.843. The zero-order valence-electron chi connectivity index (χ0n) is 11.9. The van der Waals surface area contributed by atoms with Gasteiger partial charge in [0.05, 0.1) is 23.9 Å². The van der Waals surface area contributed by atoms with E-state index < -0.39 is 0 Å². The molecule has 0 bridgehead atoms. The van der Waals surface area contributed by atoms with Crippen LogP contribution in [0.4, 0.5) is 5.69 Å². The number of rotatable bonds is 2. The fourth-order valence-electron chi connectivity index (χ4n) is 2.08. The Balaban J connectivity index is 1.97. The number of aliphatic imine (C=N–C) groups is 1. The minimum atomic E-state index is 0.331. The molecule has 3 nitrogen and oxygen atoms in total. The number of amidine groups is 1. The van der Waals surface area contributed by atoms with Gasteiger partial charge in [0.15, 0.2) is 5.17 Å². The number of thioether (sulfide) groups is 1. The van der Waals surface area contributed by atoms with Crippen molar-refractivity contribution in [1.29, 1.82) is 5.26 Å². The Morgan fingerprint density at radius 1 is 1.50 bits per heavy atom. The van der Waals surface area contributed by atoms with E-state index in [4.69, 9.17) is 5.26 Å². The van der Waals surface area contributed by atoms with Crippen LogP contribution >= 0.6 is 27.7 Å². The lowest BCUT2D eigenvalue weighted by Gasteiger charge is -2.21. The number of anilines is 1. The largest absolute Gasteiger partial charge is 0.334 e. The summed E-state index contributed by atoms with van der Waals surface area (Å²) in [6.45, 7) is 7.65. The molecule has 1 aromatic rings. The molecule has 0 aromatic heterocycles. The molecule has 1 atom stereocenters. The summed E-state index contributed by atoms with van der Waals surface area (Å²) in [7, 11) is 0. The van der Waals surface area contributed by atoms with Crippen LogP contribution in [0.3, 0.4) is 0 Å². The molecule has 1 aliphatic rings. The number of hydrogen-bond donors (Lipinski definition) is 1. The van der Waals surface area contributed by atoms with Gasteiger partial charge in [-0.25, -0.2) is 0 Å². The van der Waals surface area contributed by atoms with Gasteiger partial charge in [-0.2, -0.15) is 5.26 Å². The van der Waals surface area contributed by atoms with Crippen molar-refractivity contribution in [3.05, 3.63) is 28.2 Å². The van der Waals surface area contributed by atoms with Crippen molar-refractivity contribution in [1.82, 2.24) is 0 Å². The van der Waals surface area contributed by atoms with E-state index in [1.807, 2.05) is 12.1 Å². The third kappa shape index (κ3) is 4.26. The Labute approximate surface area is 133 Å². The molecule has 106 valence electrons. The monoisotopic (exact) mass is 351 g/mol. The van der Waals surface area contributed by atoms with Crippen molar-refractivity contribution in [3.63, 3.8) is 0 Å². The van der Waals surface area contributed by atoms with E-state index in [0.29, 0.717) is 16.2 Å². The molecule has 1 N–H and O–H groups in total. The van der Waals surface area contributed by atoms with Crippen LogP contribution in [0.2, 0.25) is 0 Å².